The number of aromatic nitrogens is 4. The number of fused-ring (bicyclic) bond motifs is 3. The molecule has 4 aliphatic rings. The van der Waals surface area contributed by atoms with Crippen LogP contribution >= 0.6 is 0 Å². The van der Waals surface area contributed by atoms with Gasteiger partial charge in [0.25, 0.3) is 0 Å². The van der Waals surface area contributed by atoms with Gasteiger partial charge in [0.15, 0.2) is 5.82 Å². The van der Waals surface area contributed by atoms with Gasteiger partial charge >= 0.3 is 0 Å². The first-order valence-electron chi connectivity index (χ1n) is 18.8. The summed E-state index contributed by atoms with van der Waals surface area (Å²) in [6.45, 7) is 0. The fraction of sp³-hybridized carbons (Fsp3) is 0.122. The highest BCUT2D eigenvalue weighted by Crippen LogP contribution is 2.56. The third-order valence-corrected chi connectivity index (χ3v) is 11.7. The molecule has 4 aliphatic carbocycles. The zero-order valence-corrected chi connectivity index (χ0v) is 29.2. The Morgan fingerprint density at radius 2 is 1.11 bits per heavy atom. The molecule has 1 atom stereocenters. The first kappa shape index (κ1) is 30.3. The van der Waals surface area contributed by atoms with Crippen LogP contribution in [0.3, 0.4) is 0 Å². The van der Waals surface area contributed by atoms with Crippen LogP contribution in [0.15, 0.2) is 164 Å². The summed E-state index contributed by atoms with van der Waals surface area (Å²) in [7, 11) is 0. The Labute approximate surface area is 308 Å². The molecule has 8 aromatic rings. The lowest BCUT2D eigenvalue weighted by Crippen LogP contribution is -2.17. The molecule has 0 N–H and O–H groups in total. The molecule has 0 saturated heterocycles. The lowest BCUT2D eigenvalue weighted by atomic mass is 9.70. The van der Waals surface area contributed by atoms with Crippen LogP contribution in [0.25, 0.3) is 72.5 Å². The van der Waals surface area contributed by atoms with E-state index in [9.17, 15) is 0 Å². The highest BCUT2D eigenvalue weighted by Gasteiger charge is 2.37. The largest absolute Gasteiger partial charge is 0.278 e. The molecule has 1 saturated carbocycles. The van der Waals surface area contributed by atoms with E-state index in [1.165, 1.54) is 62.6 Å². The molecule has 252 valence electrons. The molecule has 0 amide bonds. The van der Waals surface area contributed by atoms with Crippen LogP contribution in [-0.2, 0) is 0 Å². The van der Waals surface area contributed by atoms with Gasteiger partial charge in [0.2, 0.25) is 5.95 Å². The Hall–Kier alpha value is -6.39. The van der Waals surface area contributed by atoms with Gasteiger partial charge < -0.3 is 0 Å². The minimum Gasteiger partial charge on any atom is -0.278 e. The van der Waals surface area contributed by atoms with Gasteiger partial charge in [-0.1, -0.05) is 146 Å². The summed E-state index contributed by atoms with van der Waals surface area (Å²) >= 11 is 0. The number of nitrogens with zero attached hydrogens (tertiary/aromatic N) is 4. The van der Waals surface area contributed by atoms with Crippen LogP contribution in [0.1, 0.15) is 54.0 Å². The van der Waals surface area contributed by atoms with Crippen molar-refractivity contribution in [2.75, 3.05) is 0 Å². The van der Waals surface area contributed by atoms with E-state index in [4.69, 9.17) is 15.0 Å². The fourth-order valence-electron chi connectivity index (χ4n) is 8.91. The molecule has 53 heavy (non-hydrogen) atoms. The second kappa shape index (κ2) is 12.1. The monoisotopic (exact) mass is 680 g/mol. The molecule has 12 rings (SSSR count). The standard InChI is InChI=1S/C49H36N4/c1-4-12-31(13-5-1)35-21-24-42-43-25-22-36(34-20-23-40-38-26-37(27-38)39-18-10-11-19-41(39)44(40)28-34)30-46(43)53(45(42)29-35)49-51-47(32-14-6-2-7-15-32)50-48(52-49)33-16-8-3-9-17-33/h1-16,18-25,28-30,33,37-38H,17,26-27H2. The average Bonchev–Trinajstić information content (AvgIpc) is 3.38. The maximum absolute atomic E-state index is 5.29. The first-order chi connectivity index (χ1) is 26.2. The van der Waals surface area contributed by atoms with E-state index in [2.05, 4.69) is 150 Å². The van der Waals surface area contributed by atoms with Crippen molar-refractivity contribution in [2.24, 2.45) is 0 Å². The van der Waals surface area contributed by atoms with Crippen molar-refractivity contribution in [3.63, 3.8) is 0 Å². The molecular weight excluding hydrogens is 645 g/mol. The molecule has 1 fully saturated rings. The molecule has 6 aromatic carbocycles. The van der Waals surface area contributed by atoms with E-state index in [1.54, 1.807) is 0 Å². The van der Waals surface area contributed by atoms with Crippen molar-refractivity contribution in [2.45, 2.75) is 37.0 Å². The number of benzene rings is 6. The predicted molar refractivity (Wildman–Crippen MR) is 216 cm³/mol. The summed E-state index contributed by atoms with van der Waals surface area (Å²) in [6.07, 6.45) is 12.0. The minimum absolute atomic E-state index is 0.0706. The Bertz CT molecular complexity index is 2770. The van der Waals surface area contributed by atoms with E-state index in [0.717, 1.165) is 34.4 Å². The fourth-order valence-corrected chi connectivity index (χ4v) is 8.91. The number of hydrogen-bond acceptors (Lipinski definition) is 3. The number of hydrogen-bond donors (Lipinski definition) is 0. The van der Waals surface area contributed by atoms with Gasteiger partial charge in [0.1, 0.15) is 5.82 Å². The van der Waals surface area contributed by atoms with Gasteiger partial charge in [-0.15, -0.1) is 0 Å². The van der Waals surface area contributed by atoms with Crippen LogP contribution in [0, 0.1) is 0 Å². The van der Waals surface area contributed by atoms with Gasteiger partial charge in [-0.05, 0) is 93.8 Å². The lowest BCUT2D eigenvalue weighted by Gasteiger charge is -2.34. The molecule has 0 spiro atoms. The normalized spacial score (nSPS) is 18.4. The average molecular weight is 681 g/mol. The Balaban J connectivity index is 1.15. The Morgan fingerprint density at radius 3 is 1.83 bits per heavy atom. The summed E-state index contributed by atoms with van der Waals surface area (Å²) < 4.78 is 2.27. The minimum atomic E-state index is 0.0706. The van der Waals surface area contributed by atoms with Crippen LogP contribution in [0.4, 0.5) is 0 Å². The molecule has 2 heterocycles. The number of rotatable bonds is 5. The van der Waals surface area contributed by atoms with Crippen LogP contribution in [0.5, 0.6) is 0 Å². The zero-order chi connectivity index (χ0) is 34.9. The molecule has 1 unspecified atom stereocenters. The van der Waals surface area contributed by atoms with Gasteiger partial charge in [0.05, 0.1) is 11.0 Å². The maximum atomic E-state index is 5.29. The third-order valence-electron chi connectivity index (χ3n) is 11.7. The summed E-state index contributed by atoms with van der Waals surface area (Å²) in [6, 6.07) is 50.8. The van der Waals surface area contributed by atoms with E-state index in [0.29, 0.717) is 23.6 Å². The SMILES string of the molecule is C1=CCC(c2nc(-c3ccccc3)nc(-n3c4cc(-c5ccccc5)ccc4c4ccc(-c5ccc6c(c5)-c5ccccc5C5CC6C5)cc43)n2)C=C1. The van der Waals surface area contributed by atoms with Crippen molar-refractivity contribution in [3.05, 3.63) is 181 Å². The van der Waals surface area contributed by atoms with Gasteiger partial charge in [-0.2, -0.15) is 9.97 Å². The van der Waals surface area contributed by atoms with Gasteiger partial charge in [-0.25, -0.2) is 4.98 Å². The van der Waals surface area contributed by atoms with Crippen LogP contribution in [0.2, 0.25) is 0 Å². The van der Waals surface area contributed by atoms with Crippen molar-refractivity contribution >= 4 is 21.8 Å². The number of allylic oxidation sites excluding steroid dienone is 4. The van der Waals surface area contributed by atoms with E-state index in [1.807, 2.05) is 18.2 Å². The Kier molecular flexibility index (Phi) is 6.91. The topological polar surface area (TPSA) is 43.6 Å². The van der Waals surface area contributed by atoms with Crippen molar-refractivity contribution in [3.8, 4) is 50.7 Å². The maximum Gasteiger partial charge on any atom is 0.238 e. The molecular formula is C49H36N4. The Morgan fingerprint density at radius 1 is 0.491 bits per heavy atom. The molecule has 0 radical (unpaired) electrons. The van der Waals surface area contributed by atoms with Gasteiger partial charge in [-0.3, -0.25) is 4.57 Å². The molecule has 2 aromatic heterocycles. The second-order valence-electron chi connectivity index (χ2n) is 14.8. The third kappa shape index (κ3) is 5.01. The quantitative estimate of drug-likeness (QED) is 0.182. The van der Waals surface area contributed by atoms with Crippen molar-refractivity contribution in [1.82, 2.24) is 19.5 Å². The van der Waals surface area contributed by atoms with E-state index in [-0.39, 0.29) is 5.92 Å². The molecule has 4 heteroatoms. The highest BCUT2D eigenvalue weighted by molar-refractivity contribution is 6.11. The van der Waals surface area contributed by atoms with Crippen molar-refractivity contribution in [1.29, 1.82) is 0 Å². The first-order valence-corrected chi connectivity index (χ1v) is 18.8. The van der Waals surface area contributed by atoms with Crippen molar-refractivity contribution < 1.29 is 0 Å². The highest BCUT2D eigenvalue weighted by atomic mass is 15.2. The summed E-state index contributed by atoms with van der Waals surface area (Å²) in [5.74, 6) is 3.48. The molecule has 0 aliphatic heterocycles. The lowest BCUT2D eigenvalue weighted by molar-refractivity contribution is 0.357. The molecule has 2 bridgehead atoms. The van der Waals surface area contributed by atoms with Gasteiger partial charge in [0, 0.05) is 22.3 Å². The predicted octanol–water partition coefficient (Wildman–Crippen LogP) is 12.2. The van der Waals surface area contributed by atoms with Crippen LogP contribution in [-0.4, -0.2) is 19.5 Å². The second-order valence-corrected chi connectivity index (χ2v) is 14.8. The summed E-state index contributed by atoms with van der Waals surface area (Å²) in [5.41, 5.74) is 13.7. The van der Waals surface area contributed by atoms with E-state index >= 15 is 0 Å². The molecule has 4 nitrogen and oxygen atoms in total. The van der Waals surface area contributed by atoms with Crippen LogP contribution < -0.4 is 0 Å². The summed E-state index contributed by atoms with van der Waals surface area (Å²) in [4.78, 5) is 15.6. The zero-order valence-electron chi connectivity index (χ0n) is 29.2. The smallest absolute Gasteiger partial charge is 0.238 e. The van der Waals surface area contributed by atoms with E-state index < -0.39 is 0 Å². The summed E-state index contributed by atoms with van der Waals surface area (Å²) in [5, 5.41) is 2.35.